The maximum Gasteiger partial charge on any atom is 0.242 e. The predicted molar refractivity (Wildman–Crippen MR) is 129 cm³/mol. The number of aliphatic imine (C=N–C) groups is 1. The summed E-state index contributed by atoms with van der Waals surface area (Å²) in [5, 5.41) is 2.57. The Morgan fingerprint density at radius 3 is 2.21 bits per heavy atom. The van der Waals surface area contributed by atoms with Crippen LogP contribution in [0, 0.1) is 0 Å². The van der Waals surface area contributed by atoms with E-state index in [0.29, 0.717) is 10.9 Å². The van der Waals surface area contributed by atoms with E-state index in [9.17, 15) is 18.0 Å². The molecule has 0 fully saturated rings. The molecule has 0 spiro atoms. The summed E-state index contributed by atoms with van der Waals surface area (Å²) < 4.78 is 28.6. The van der Waals surface area contributed by atoms with E-state index in [2.05, 4.69) is 31.0 Å². The monoisotopic (exact) mass is 538 g/mol. The van der Waals surface area contributed by atoms with Gasteiger partial charge < -0.3 is 22.5 Å². The Morgan fingerprint density at radius 1 is 0.970 bits per heavy atom. The van der Waals surface area contributed by atoms with Crippen LogP contribution in [0.5, 0.6) is 0 Å². The third-order valence-electron chi connectivity index (χ3n) is 4.63. The third kappa shape index (κ3) is 8.48. The van der Waals surface area contributed by atoms with Gasteiger partial charge in [-0.25, -0.2) is 8.42 Å². The third-order valence-corrected chi connectivity index (χ3v) is 7.11. The van der Waals surface area contributed by atoms with Crippen molar-refractivity contribution in [2.75, 3.05) is 6.54 Å². The van der Waals surface area contributed by atoms with Crippen molar-refractivity contribution in [1.82, 2.24) is 10.0 Å². The van der Waals surface area contributed by atoms with Crippen LogP contribution in [0.25, 0.3) is 0 Å². The minimum atomic E-state index is -4.06. The summed E-state index contributed by atoms with van der Waals surface area (Å²) in [6.07, 6.45) is 0.567. The van der Waals surface area contributed by atoms with Gasteiger partial charge in [-0.2, -0.15) is 4.72 Å². The summed E-state index contributed by atoms with van der Waals surface area (Å²) >= 11 is 3.21. The molecule has 0 unspecified atom stereocenters. The fraction of sp³-hybridized carbons (Fsp3) is 0.286. The second-order valence-corrected chi connectivity index (χ2v) is 9.74. The van der Waals surface area contributed by atoms with E-state index in [1.165, 1.54) is 6.07 Å². The zero-order chi connectivity index (χ0) is 24.4. The Kier molecular flexibility index (Phi) is 9.82. The van der Waals surface area contributed by atoms with Gasteiger partial charge in [0.2, 0.25) is 21.8 Å². The number of hydrogen-bond acceptors (Lipinski definition) is 5. The van der Waals surface area contributed by atoms with Crippen LogP contribution >= 0.6 is 15.9 Å². The minimum absolute atomic E-state index is 0.0252. The lowest BCUT2D eigenvalue weighted by Gasteiger charge is -2.22. The standard InChI is InChI=1S/C21H27BrN6O4S/c22-15-9-4-5-11-18(15)33(31,32)28-16(10-6-12-26-21(24)25)20(30)27-17(19(23)29)13-14-7-2-1-3-8-14/h1-5,7-9,11,16-17,28H,6,10,12-13H2,(H2,23,29)(H,27,30)(H4,24,25,26)/t16-,17-/m0/s1. The van der Waals surface area contributed by atoms with Gasteiger partial charge in [0.25, 0.3) is 0 Å². The Labute approximate surface area is 201 Å². The van der Waals surface area contributed by atoms with Gasteiger partial charge in [0.1, 0.15) is 12.1 Å². The highest BCUT2D eigenvalue weighted by Gasteiger charge is 2.29. The molecule has 2 aromatic rings. The van der Waals surface area contributed by atoms with Crippen LogP contribution in [0.15, 0.2) is 69.0 Å². The highest BCUT2D eigenvalue weighted by atomic mass is 79.9. The number of amides is 2. The molecule has 0 bridgehead atoms. The maximum atomic E-state index is 13.0. The molecule has 0 aliphatic carbocycles. The summed E-state index contributed by atoms with van der Waals surface area (Å²) in [4.78, 5) is 28.8. The maximum absolute atomic E-state index is 13.0. The number of nitrogens with two attached hydrogens (primary N) is 3. The molecule has 0 aliphatic heterocycles. The summed E-state index contributed by atoms with van der Waals surface area (Å²) in [7, 11) is -4.06. The van der Waals surface area contributed by atoms with Gasteiger partial charge in [-0.3, -0.25) is 14.6 Å². The lowest BCUT2D eigenvalue weighted by atomic mass is 10.0. The first-order chi connectivity index (χ1) is 15.6. The zero-order valence-electron chi connectivity index (χ0n) is 17.8. The van der Waals surface area contributed by atoms with Crippen LogP contribution in [0.2, 0.25) is 0 Å². The zero-order valence-corrected chi connectivity index (χ0v) is 20.2. The molecule has 0 radical (unpaired) electrons. The van der Waals surface area contributed by atoms with Gasteiger partial charge in [0.15, 0.2) is 5.96 Å². The quantitative estimate of drug-likeness (QED) is 0.147. The highest BCUT2D eigenvalue weighted by molar-refractivity contribution is 9.10. The molecule has 0 saturated heterocycles. The van der Waals surface area contributed by atoms with E-state index >= 15 is 0 Å². The summed E-state index contributed by atoms with van der Waals surface area (Å²) in [5.74, 6) is -1.53. The fourth-order valence-corrected chi connectivity index (χ4v) is 5.24. The molecular formula is C21H27BrN6O4S. The van der Waals surface area contributed by atoms with E-state index < -0.39 is 33.9 Å². The molecule has 8 N–H and O–H groups in total. The number of rotatable bonds is 12. The molecule has 33 heavy (non-hydrogen) atoms. The number of halogens is 1. The Balaban J connectivity index is 2.21. The molecule has 10 nitrogen and oxygen atoms in total. The first-order valence-electron chi connectivity index (χ1n) is 10.1. The number of sulfonamides is 1. The van der Waals surface area contributed by atoms with Crippen LogP contribution in [0.3, 0.4) is 0 Å². The normalized spacial score (nSPS) is 13.0. The lowest BCUT2D eigenvalue weighted by molar-refractivity contribution is -0.128. The van der Waals surface area contributed by atoms with Crippen molar-refractivity contribution in [1.29, 1.82) is 0 Å². The molecule has 0 heterocycles. The molecule has 2 rings (SSSR count). The molecule has 12 heteroatoms. The number of guanidine groups is 1. The Hall–Kier alpha value is -2.96. The average molecular weight is 539 g/mol. The van der Waals surface area contributed by atoms with Crippen molar-refractivity contribution >= 4 is 43.7 Å². The molecule has 0 aliphatic rings. The van der Waals surface area contributed by atoms with Crippen LogP contribution < -0.4 is 27.2 Å². The molecular weight excluding hydrogens is 512 g/mol. The molecule has 0 saturated carbocycles. The molecule has 2 amide bonds. The average Bonchev–Trinajstić information content (AvgIpc) is 2.76. The van der Waals surface area contributed by atoms with E-state index in [1.54, 1.807) is 42.5 Å². The van der Waals surface area contributed by atoms with E-state index in [1.807, 2.05) is 6.07 Å². The van der Waals surface area contributed by atoms with Crippen molar-refractivity contribution in [3.05, 3.63) is 64.6 Å². The fourth-order valence-electron chi connectivity index (χ4n) is 3.01. The first-order valence-corrected chi connectivity index (χ1v) is 12.3. The molecule has 0 aromatic heterocycles. The van der Waals surface area contributed by atoms with Crippen LogP contribution in [0.1, 0.15) is 18.4 Å². The van der Waals surface area contributed by atoms with Crippen molar-refractivity contribution in [3.63, 3.8) is 0 Å². The van der Waals surface area contributed by atoms with Crippen LogP contribution in [0.4, 0.5) is 0 Å². The lowest BCUT2D eigenvalue weighted by Crippen LogP contribution is -2.53. The number of hydrogen-bond donors (Lipinski definition) is 5. The smallest absolute Gasteiger partial charge is 0.242 e. The predicted octanol–water partition coefficient (Wildman–Crippen LogP) is 0.362. The van der Waals surface area contributed by atoms with Gasteiger partial charge >= 0.3 is 0 Å². The van der Waals surface area contributed by atoms with E-state index in [-0.39, 0.29) is 30.2 Å². The summed E-state index contributed by atoms with van der Waals surface area (Å²) in [6, 6.07) is 13.0. The first kappa shape index (κ1) is 26.3. The number of carbonyl (C=O) groups excluding carboxylic acids is 2. The number of benzene rings is 2. The molecule has 2 atom stereocenters. The van der Waals surface area contributed by atoms with Crippen molar-refractivity contribution in [3.8, 4) is 0 Å². The minimum Gasteiger partial charge on any atom is -0.370 e. The largest absolute Gasteiger partial charge is 0.370 e. The van der Waals surface area contributed by atoms with Crippen molar-refractivity contribution < 1.29 is 18.0 Å². The second-order valence-electron chi connectivity index (χ2n) is 7.21. The summed E-state index contributed by atoms with van der Waals surface area (Å²) in [6.45, 7) is 0.201. The number of nitrogens with zero attached hydrogens (tertiary/aromatic N) is 1. The second kappa shape index (κ2) is 12.3. The van der Waals surface area contributed by atoms with Gasteiger partial charge in [-0.15, -0.1) is 0 Å². The SMILES string of the molecule is NC(=O)[C@H](Cc1ccccc1)NC(=O)[C@H](CCCN=C(N)N)NS(=O)(=O)c1ccccc1Br. The number of nitrogens with one attached hydrogen (secondary N) is 2. The molecule has 178 valence electrons. The van der Waals surface area contributed by atoms with Gasteiger partial charge in [-0.05, 0) is 46.5 Å². The Morgan fingerprint density at radius 2 is 1.61 bits per heavy atom. The highest BCUT2D eigenvalue weighted by Crippen LogP contribution is 2.21. The number of primary amides is 1. The van der Waals surface area contributed by atoms with Crippen LogP contribution in [-0.4, -0.2) is 44.8 Å². The topological polar surface area (TPSA) is 183 Å². The molecule has 2 aromatic carbocycles. The van der Waals surface area contributed by atoms with Crippen molar-refractivity contribution in [2.45, 2.75) is 36.2 Å². The summed E-state index contributed by atoms with van der Waals surface area (Å²) in [5.41, 5.74) is 16.9. The van der Waals surface area contributed by atoms with Gasteiger partial charge in [-0.1, -0.05) is 42.5 Å². The van der Waals surface area contributed by atoms with Gasteiger partial charge in [0.05, 0.1) is 4.90 Å². The van der Waals surface area contributed by atoms with E-state index in [0.717, 1.165) is 5.56 Å². The van der Waals surface area contributed by atoms with E-state index in [4.69, 9.17) is 17.2 Å². The Bertz CT molecular complexity index is 1090. The number of carbonyl (C=O) groups is 2. The van der Waals surface area contributed by atoms with Crippen molar-refractivity contribution in [2.24, 2.45) is 22.2 Å². The van der Waals surface area contributed by atoms with Gasteiger partial charge in [0, 0.05) is 17.4 Å². The van der Waals surface area contributed by atoms with Crippen LogP contribution in [-0.2, 0) is 26.0 Å².